The van der Waals surface area contributed by atoms with Crippen LogP contribution in [0.2, 0.25) is 0 Å². The van der Waals surface area contributed by atoms with Crippen LogP contribution in [0.25, 0.3) is 0 Å². The maximum Gasteiger partial charge on any atom is 0.300 e. The Kier molecular flexibility index (Phi) is 4.56. The summed E-state index contributed by atoms with van der Waals surface area (Å²) in [7, 11) is 1.74. The molecule has 1 aliphatic rings. The van der Waals surface area contributed by atoms with E-state index in [0.29, 0.717) is 11.3 Å². The molecule has 0 atom stereocenters. The lowest BCUT2D eigenvalue weighted by Crippen LogP contribution is -2.47. The predicted molar refractivity (Wildman–Crippen MR) is 88.4 cm³/mol. The number of fused-ring (bicyclic) bond motifs is 1. The van der Waals surface area contributed by atoms with E-state index in [1.807, 2.05) is 33.8 Å². The van der Waals surface area contributed by atoms with Crippen LogP contribution < -0.4 is 10.2 Å². The second kappa shape index (κ2) is 6.12. The van der Waals surface area contributed by atoms with Crippen molar-refractivity contribution in [2.45, 2.75) is 33.2 Å². The van der Waals surface area contributed by atoms with Gasteiger partial charge in [0, 0.05) is 5.54 Å². The summed E-state index contributed by atoms with van der Waals surface area (Å²) >= 11 is 0. The minimum absolute atomic E-state index is 0.123. The summed E-state index contributed by atoms with van der Waals surface area (Å²) in [4.78, 5) is 39.3. The predicted octanol–water partition coefficient (Wildman–Crippen LogP) is 1.33. The molecule has 0 saturated carbocycles. The minimum atomic E-state index is -0.548. The molecule has 2 rings (SSSR count). The van der Waals surface area contributed by atoms with Gasteiger partial charge in [-0.2, -0.15) is 0 Å². The molecule has 0 aliphatic carbocycles. The van der Waals surface area contributed by atoms with Gasteiger partial charge in [-0.25, -0.2) is 0 Å². The number of rotatable bonds is 4. The maximum atomic E-state index is 12.2. The standard InChI is InChI=1S/C17H23N3O3/c1-11-6-7-13-12(8-11)15(22)16(23)20(13)10-19(5)9-14(21)18-17(2,3)4/h6-8H,9-10H2,1-5H3,(H,18,21). The summed E-state index contributed by atoms with van der Waals surface area (Å²) in [6.45, 7) is 7.95. The second-order valence-electron chi connectivity index (χ2n) is 7.04. The SMILES string of the molecule is Cc1ccc2c(c1)C(=O)C(=O)N2CN(C)CC(=O)NC(C)(C)C. The number of nitrogens with one attached hydrogen (secondary N) is 1. The monoisotopic (exact) mass is 317 g/mol. The molecule has 1 aromatic rings. The van der Waals surface area contributed by atoms with E-state index in [4.69, 9.17) is 0 Å². The number of likely N-dealkylation sites (N-methyl/N-ethyl adjacent to an activating group) is 1. The number of nitrogens with zero attached hydrogens (tertiary/aromatic N) is 2. The van der Waals surface area contributed by atoms with Crippen LogP contribution in [0, 0.1) is 6.92 Å². The van der Waals surface area contributed by atoms with Gasteiger partial charge in [0.25, 0.3) is 5.78 Å². The van der Waals surface area contributed by atoms with Crippen LogP contribution in [0.15, 0.2) is 18.2 Å². The fraction of sp³-hybridized carbons (Fsp3) is 0.471. The van der Waals surface area contributed by atoms with Gasteiger partial charge in [-0.3, -0.25) is 24.2 Å². The van der Waals surface area contributed by atoms with Gasteiger partial charge in [0.1, 0.15) is 0 Å². The quantitative estimate of drug-likeness (QED) is 0.851. The molecule has 0 radical (unpaired) electrons. The molecule has 124 valence electrons. The number of ketones is 1. The first-order valence-electron chi connectivity index (χ1n) is 7.55. The summed E-state index contributed by atoms with van der Waals surface area (Å²) in [5.74, 6) is -1.16. The van der Waals surface area contributed by atoms with Crippen molar-refractivity contribution in [1.29, 1.82) is 0 Å². The summed E-state index contributed by atoms with van der Waals surface area (Å²) in [6.07, 6.45) is 0. The highest BCUT2D eigenvalue weighted by Crippen LogP contribution is 2.29. The molecular weight excluding hydrogens is 294 g/mol. The average molecular weight is 317 g/mol. The van der Waals surface area contributed by atoms with E-state index in [9.17, 15) is 14.4 Å². The van der Waals surface area contributed by atoms with Crippen molar-refractivity contribution in [2.75, 3.05) is 25.2 Å². The lowest BCUT2D eigenvalue weighted by molar-refractivity contribution is -0.123. The van der Waals surface area contributed by atoms with Crippen LogP contribution in [0.4, 0.5) is 5.69 Å². The van der Waals surface area contributed by atoms with E-state index < -0.39 is 11.7 Å². The summed E-state index contributed by atoms with van der Waals surface area (Å²) in [5, 5.41) is 2.87. The van der Waals surface area contributed by atoms with E-state index >= 15 is 0 Å². The molecule has 0 bridgehead atoms. The van der Waals surface area contributed by atoms with Gasteiger partial charge < -0.3 is 5.32 Å². The summed E-state index contributed by atoms with van der Waals surface area (Å²) in [6, 6.07) is 5.36. The number of carbonyl (C=O) groups is 3. The van der Waals surface area contributed by atoms with Crippen molar-refractivity contribution in [1.82, 2.24) is 10.2 Å². The maximum absolute atomic E-state index is 12.2. The highest BCUT2D eigenvalue weighted by molar-refractivity contribution is 6.52. The summed E-state index contributed by atoms with van der Waals surface area (Å²) in [5.41, 5.74) is 1.67. The van der Waals surface area contributed by atoms with E-state index in [2.05, 4.69) is 5.32 Å². The van der Waals surface area contributed by atoms with Crippen molar-refractivity contribution < 1.29 is 14.4 Å². The van der Waals surface area contributed by atoms with Crippen LogP contribution in [-0.4, -0.2) is 48.3 Å². The lowest BCUT2D eigenvalue weighted by Gasteiger charge is -2.26. The normalized spacial score (nSPS) is 14.4. The van der Waals surface area contributed by atoms with Crippen LogP contribution in [0.3, 0.4) is 0 Å². The highest BCUT2D eigenvalue weighted by Gasteiger charge is 2.36. The largest absolute Gasteiger partial charge is 0.350 e. The van der Waals surface area contributed by atoms with Gasteiger partial charge in [0.05, 0.1) is 24.5 Å². The fourth-order valence-electron chi connectivity index (χ4n) is 2.55. The molecule has 6 nitrogen and oxygen atoms in total. The number of carbonyl (C=O) groups excluding carboxylic acids is 3. The van der Waals surface area contributed by atoms with Gasteiger partial charge in [-0.05, 0) is 46.9 Å². The number of hydrogen-bond acceptors (Lipinski definition) is 4. The Labute approximate surface area is 136 Å². The van der Waals surface area contributed by atoms with Gasteiger partial charge in [-0.15, -0.1) is 0 Å². The molecule has 1 N–H and O–H groups in total. The minimum Gasteiger partial charge on any atom is -0.350 e. The third-order valence-corrected chi connectivity index (χ3v) is 3.44. The zero-order valence-corrected chi connectivity index (χ0v) is 14.3. The topological polar surface area (TPSA) is 69.7 Å². The fourth-order valence-corrected chi connectivity index (χ4v) is 2.55. The first kappa shape index (κ1) is 17.1. The molecular formula is C17H23N3O3. The van der Waals surface area contributed by atoms with Crippen molar-refractivity contribution in [3.8, 4) is 0 Å². The molecule has 0 saturated heterocycles. The zero-order valence-electron chi connectivity index (χ0n) is 14.3. The Morgan fingerprint density at radius 3 is 2.52 bits per heavy atom. The molecule has 0 fully saturated rings. The third-order valence-electron chi connectivity index (χ3n) is 3.44. The molecule has 2 amide bonds. The molecule has 1 aromatic carbocycles. The van der Waals surface area contributed by atoms with Gasteiger partial charge in [0.2, 0.25) is 5.91 Å². The second-order valence-corrected chi connectivity index (χ2v) is 7.04. The average Bonchev–Trinajstić information content (AvgIpc) is 2.61. The number of amides is 2. The van der Waals surface area contributed by atoms with Gasteiger partial charge >= 0.3 is 5.91 Å². The van der Waals surface area contributed by atoms with Crippen LogP contribution in [-0.2, 0) is 9.59 Å². The molecule has 0 spiro atoms. The third kappa shape index (κ3) is 3.96. The summed E-state index contributed by atoms with van der Waals surface area (Å²) < 4.78 is 0. The Morgan fingerprint density at radius 2 is 1.91 bits per heavy atom. The molecule has 0 aromatic heterocycles. The number of hydrogen-bond donors (Lipinski definition) is 1. The van der Waals surface area contributed by atoms with E-state index in [1.54, 1.807) is 24.1 Å². The van der Waals surface area contributed by atoms with Crippen LogP contribution in [0.1, 0.15) is 36.7 Å². The smallest absolute Gasteiger partial charge is 0.300 e. The van der Waals surface area contributed by atoms with E-state index in [1.165, 1.54) is 4.90 Å². The van der Waals surface area contributed by atoms with Crippen molar-refractivity contribution in [3.63, 3.8) is 0 Å². The first-order valence-corrected chi connectivity index (χ1v) is 7.55. The van der Waals surface area contributed by atoms with E-state index in [0.717, 1.165) is 5.56 Å². The van der Waals surface area contributed by atoms with E-state index in [-0.39, 0.29) is 24.7 Å². The molecule has 0 unspecified atom stereocenters. The zero-order chi connectivity index (χ0) is 17.4. The molecule has 23 heavy (non-hydrogen) atoms. The van der Waals surface area contributed by atoms with Gasteiger partial charge in [-0.1, -0.05) is 11.6 Å². The number of benzene rings is 1. The Morgan fingerprint density at radius 1 is 1.26 bits per heavy atom. The van der Waals surface area contributed by atoms with Crippen molar-refractivity contribution >= 4 is 23.3 Å². The Bertz CT molecular complexity index is 662. The number of Topliss-reactive ketones (excluding diaryl/α,β-unsaturated/α-hetero) is 1. The highest BCUT2D eigenvalue weighted by atomic mass is 16.2. The molecule has 6 heteroatoms. The van der Waals surface area contributed by atoms with Gasteiger partial charge in [0.15, 0.2) is 0 Å². The number of aryl methyl sites for hydroxylation is 1. The lowest BCUT2D eigenvalue weighted by atomic mass is 10.1. The van der Waals surface area contributed by atoms with Crippen molar-refractivity contribution in [3.05, 3.63) is 29.3 Å². The Balaban J connectivity index is 2.07. The molecule has 1 aliphatic heterocycles. The van der Waals surface area contributed by atoms with Crippen molar-refractivity contribution in [2.24, 2.45) is 0 Å². The first-order chi connectivity index (χ1) is 10.6. The Hall–Kier alpha value is -2.21. The van der Waals surface area contributed by atoms with Crippen LogP contribution >= 0.6 is 0 Å². The van der Waals surface area contributed by atoms with Crippen LogP contribution in [0.5, 0.6) is 0 Å². The molecule has 1 heterocycles. The number of anilines is 1.